The lowest BCUT2D eigenvalue weighted by Gasteiger charge is -2.38. The first kappa shape index (κ1) is 24.9. The molecule has 2 saturated carbocycles. The summed E-state index contributed by atoms with van der Waals surface area (Å²) in [4.78, 5) is 27.1. The van der Waals surface area contributed by atoms with Crippen LogP contribution in [0.25, 0.3) is 0 Å². The SMILES string of the molecule is Cc1ccc(NC(=O)Nc2cc(OC3(C(=O)O)CC3)ccc2N(CC(C)C)C2CCCCC2)cc1. The molecule has 0 unspecified atom stereocenters. The van der Waals surface area contributed by atoms with Crippen LogP contribution in [0.5, 0.6) is 5.75 Å². The van der Waals surface area contributed by atoms with Crippen molar-refractivity contribution in [3.8, 4) is 5.75 Å². The number of hydrogen-bond acceptors (Lipinski definition) is 4. The quantitative estimate of drug-likeness (QED) is 0.385. The molecule has 2 aromatic carbocycles. The third kappa shape index (κ3) is 6.27. The molecule has 7 heteroatoms. The summed E-state index contributed by atoms with van der Waals surface area (Å²) in [6, 6.07) is 13.3. The highest BCUT2D eigenvalue weighted by Gasteiger charge is 2.53. The van der Waals surface area contributed by atoms with Gasteiger partial charge in [-0.1, -0.05) is 50.8 Å². The second kappa shape index (κ2) is 10.6. The van der Waals surface area contributed by atoms with Crippen LogP contribution in [-0.4, -0.2) is 35.3 Å². The number of carboxylic acid groups (broad SMARTS) is 1. The van der Waals surface area contributed by atoms with Crippen molar-refractivity contribution in [2.24, 2.45) is 5.92 Å². The van der Waals surface area contributed by atoms with Crippen molar-refractivity contribution in [3.05, 3.63) is 48.0 Å². The zero-order chi connectivity index (χ0) is 25.0. The van der Waals surface area contributed by atoms with Gasteiger partial charge in [0, 0.05) is 37.2 Å². The number of benzene rings is 2. The Morgan fingerprint density at radius 2 is 1.74 bits per heavy atom. The number of urea groups is 1. The van der Waals surface area contributed by atoms with Crippen LogP contribution in [0, 0.1) is 12.8 Å². The standard InChI is InChI=1S/C28H37N3O4/c1-19(2)18-31(22-7-5-4-6-8-22)25-14-13-23(35-28(15-16-28)26(32)33)17-24(25)30-27(34)29-21-11-9-20(3)10-12-21/h9-14,17,19,22H,4-8,15-16,18H2,1-3H3,(H,32,33)(H2,29,30,34). The number of carboxylic acids is 1. The van der Waals surface area contributed by atoms with Crippen molar-refractivity contribution in [1.82, 2.24) is 0 Å². The van der Waals surface area contributed by atoms with Crippen LogP contribution in [0.4, 0.5) is 21.9 Å². The average molecular weight is 480 g/mol. The minimum Gasteiger partial charge on any atom is -0.478 e. The first-order valence-corrected chi connectivity index (χ1v) is 12.7. The fourth-order valence-electron chi connectivity index (χ4n) is 4.78. The molecule has 188 valence electrons. The number of nitrogens with zero attached hydrogens (tertiary/aromatic N) is 1. The van der Waals surface area contributed by atoms with Crippen molar-refractivity contribution < 1.29 is 19.4 Å². The van der Waals surface area contributed by atoms with Gasteiger partial charge in [-0.05, 0) is 49.9 Å². The Kier molecular flexibility index (Phi) is 7.53. The normalized spacial score (nSPS) is 17.0. The van der Waals surface area contributed by atoms with Gasteiger partial charge in [-0.25, -0.2) is 9.59 Å². The van der Waals surface area contributed by atoms with Gasteiger partial charge in [0.05, 0.1) is 11.4 Å². The highest BCUT2D eigenvalue weighted by Crippen LogP contribution is 2.43. The van der Waals surface area contributed by atoms with Gasteiger partial charge in [0.25, 0.3) is 0 Å². The number of nitrogens with one attached hydrogen (secondary N) is 2. The lowest BCUT2D eigenvalue weighted by atomic mass is 9.93. The van der Waals surface area contributed by atoms with E-state index in [0.717, 1.165) is 30.6 Å². The molecule has 0 saturated heterocycles. The summed E-state index contributed by atoms with van der Waals surface area (Å²) in [5.41, 5.74) is 2.24. The predicted octanol–water partition coefficient (Wildman–Crippen LogP) is 6.43. The monoisotopic (exact) mass is 479 g/mol. The Labute approximate surface area is 207 Å². The van der Waals surface area contributed by atoms with Crippen LogP contribution in [0.15, 0.2) is 42.5 Å². The summed E-state index contributed by atoms with van der Waals surface area (Å²) >= 11 is 0. The van der Waals surface area contributed by atoms with Crippen molar-refractivity contribution >= 4 is 29.1 Å². The molecule has 0 bridgehead atoms. The van der Waals surface area contributed by atoms with Gasteiger partial charge in [-0.2, -0.15) is 0 Å². The number of hydrogen-bond donors (Lipinski definition) is 3. The topological polar surface area (TPSA) is 90.9 Å². The van der Waals surface area contributed by atoms with Crippen molar-refractivity contribution in [2.45, 2.75) is 77.4 Å². The molecule has 2 amide bonds. The van der Waals surface area contributed by atoms with Gasteiger partial charge < -0.3 is 25.4 Å². The Hall–Kier alpha value is -3.22. The molecular formula is C28H37N3O4. The minimum absolute atomic E-state index is 0.347. The highest BCUT2D eigenvalue weighted by atomic mass is 16.5. The fraction of sp³-hybridized carbons (Fsp3) is 0.500. The number of rotatable bonds is 9. The number of anilines is 3. The molecule has 0 aromatic heterocycles. The van der Waals surface area contributed by atoms with E-state index in [1.54, 1.807) is 6.07 Å². The van der Waals surface area contributed by atoms with Gasteiger partial charge in [-0.3, -0.25) is 0 Å². The molecule has 2 aromatic rings. The molecule has 2 fully saturated rings. The second-order valence-electron chi connectivity index (χ2n) is 10.4. The average Bonchev–Trinajstić information content (AvgIpc) is 3.61. The molecular weight excluding hydrogens is 442 g/mol. The van der Waals surface area contributed by atoms with E-state index in [1.165, 1.54) is 19.3 Å². The molecule has 0 atom stereocenters. The first-order valence-electron chi connectivity index (χ1n) is 12.7. The van der Waals surface area contributed by atoms with Crippen LogP contribution < -0.4 is 20.3 Å². The summed E-state index contributed by atoms with van der Waals surface area (Å²) in [6.45, 7) is 7.28. The zero-order valence-corrected chi connectivity index (χ0v) is 21.0. The van der Waals surface area contributed by atoms with E-state index in [1.807, 2.05) is 43.3 Å². The van der Waals surface area contributed by atoms with E-state index < -0.39 is 11.6 Å². The summed E-state index contributed by atoms with van der Waals surface area (Å²) in [7, 11) is 0. The first-order chi connectivity index (χ1) is 16.8. The summed E-state index contributed by atoms with van der Waals surface area (Å²) in [6.07, 6.45) is 6.91. The predicted molar refractivity (Wildman–Crippen MR) is 140 cm³/mol. The number of amides is 2. The maximum absolute atomic E-state index is 13.0. The van der Waals surface area contributed by atoms with E-state index in [2.05, 4.69) is 29.4 Å². The van der Waals surface area contributed by atoms with E-state index >= 15 is 0 Å². The van der Waals surface area contributed by atoms with Crippen molar-refractivity contribution in [2.75, 3.05) is 22.1 Å². The van der Waals surface area contributed by atoms with E-state index in [-0.39, 0.29) is 6.03 Å². The smallest absolute Gasteiger partial charge is 0.348 e. The lowest BCUT2D eigenvalue weighted by Crippen LogP contribution is -2.40. The molecule has 0 spiro atoms. The minimum atomic E-state index is -1.15. The van der Waals surface area contributed by atoms with Gasteiger partial charge >= 0.3 is 12.0 Å². The molecule has 0 radical (unpaired) electrons. The van der Waals surface area contributed by atoms with E-state index in [4.69, 9.17) is 4.74 Å². The molecule has 2 aliphatic carbocycles. The Balaban J connectivity index is 1.63. The molecule has 35 heavy (non-hydrogen) atoms. The van der Waals surface area contributed by atoms with Crippen molar-refractivity contribution in [3.63, 3.8) is 0 Å². The van der Waals surface area contributed by atoms with Gasteiger partial charge in [-0.15, -0.1) is 0 Å². The van der Waals surface area contributed by atoms with Crippen LogP contribution in [-0.2, 0) is 4.79 Å². The number of aryl methyl sites for hydroxylation is 1. The van der Waals surface area contributed by atoms with Gasteiger partial charge in [0.2, 0.25) is 5.60 Å². The maximum atomic E-state index is 13.0. The van der Waals surface area contributed by atoms with Crippen LogP contribution in [0.3, 0.4) is 0 Å². The Morgan fingerprint density at radius 3 is 2.34 bits per heavy atom. The Bertz CT molecular complexity index is 1040. The van der Waals surface area contributed by atoms with Gasteiger partial charge in [0.15, 0.2) is 0 Å². The van der Waals surface area contributed by atoms with Crippen LogP contribution >= 0.6 is 0 Å². The van der Waals surface area contributed by atoms with E-state index in [0.29, 0.717) is 41.9 Å². The van der Waals surface area contributed by atoms with Crippen LogP contribution in [0.1, 0.15) is 64.4 Å². The number of aliphatic carboxylic acids is 1. The zero-order valence-electron chi connectivity index (χ0n) is 21.0. The number of carbonyl (C=O) groups excluding carboxylic acids is 1. The lowest BCUT2D eigenvalue weighted by molar-refractivity contribution is -0.147. The largest absolute Gasteiger partial charge is 0.478 e. The summed E-state index contributed by atoms with van der Waals surface area (Å²) in [5.74, 6) is -0.0481. The molecule has 0 heterocycles. The number of ether oxygens (including phenoxy) is 1. The molecule has 0 aliphatic heterocycles. The maximum Gasteiger partial charge on any atom is 0.348 e. The van der Waals surface area contributed by atoms with Crippen LogP contribution in [0.2, 0.25) is 0 Å². The molecule has 7 nitrogen and oxygen atoms in total. The fourth-order valence-corrected chi connectivity index (χ4v) is 4.78. The third-order valence-electron chi connectivity index (χ3n) is 6.82. The van der Waals surface area contributed by atoms with E-state index in [9.17, 15) is 14.7 Å². The highest BCUT2D eigenvalue weighted by molar-refractivity contribution is 6.02. The number of carbonyl (C=O) groups is 2. The third-order valence-corrected chi connectivity index (χ3v) is 6.82. The summed E-state index contributed by atoms with van der Waals surface area (Å²) < 4.78 is 5.90. The molecule has 3 N–H and O–H groups in total. The molecule has 4 rings (SSSR count). The van der Waals surface area contributed by atoms with Gasteiger partial charge in [0.1, 0.15) is 5.75 Å². The second-order valence-corrected chi connectivity index (χ2v) is 10.4. The molecule has 2 aliphatic rings. The Morgan fingerprint density at radius 1 is 1.06 bits per heavy atom. The summed E-state index contributed by atoms with van der Waals surface area (Å²) in [5, 5.41) is 15.5. The van der Waals surface area contributed by atoms with Crippen molar-refractivity contribution in [1.29, 1.82) is 0 Å².